The van der Waals surface area contributed by atoms with E-state index in [2.05, 4.69) is 52.1 Å². The Hall–Kier alpha value is -1.94. The third-order valence-corrected chi connectivity index (χ3v) is 4.53. The van der Waals surface area contributed by atoms with Gasteiger partial charge in [0, 0.05) is 17.1 Å². The number of fused-ring (bicyclic) bond motifs is 2. The molecule has 0 saturated carbocycles. The van der Waals surface area contributed by atoms with Gasteiger partial charge < -0.3 is 4.90 Å². The number of aromatic nitrogens is 2. The van der Waals surface area contributed by atoms with Crippen molar-refractivity contribution in [2.45, 2.75) is 13.3 Å². The Morgan fingerprint density at radius 3 is 3.05 bits per heavy atom. The molecule has 0 bridgehead atoms. The zero-order valence-corrected chi connectivity index (χ0v) is 11.4. The summed E-state index contributed by atoms with van der Waals surface area (Å²) in [5.74, 6) is 1.04. The molecule has 4 rings (SSSR count). The Morgan fingerprint density at radius 1 is 1.21 bits per heavy atom. The normalized spacial score (nSPS) is 14.1. The number of hydrogen-bond donors (Lipinski definition) is 0. The molecule has 0 N–H and O–H groups in total. The molecule has 2 aromatic heterocycles. The van der Waals surface area contributed by atoms with Crippen molar-refractivity contribution in [3.05, 3.63) is 47.1 Å². The quantitative estimate of drug-likeness (QED) is 0.673. The van der Waals surface area contributed by atoms with Crippen molar-refractivity contribution in [3.8, 4) is 0 Å². The van der Waals surface area contributed by atoms with Crippen LogP contribution in [0.1, 0.15) is 10.4 Å². The maximum atomic E-state index is 4.52. The van der Waals surface area contributed by atoms with E-state index in [0.29, 0.717) is 0 Å². The molecular weight excluding hydrogens is 254 g/mol. The van der Waals surface area contributed by atoms with Crippen LogP contribution in [0.15, 0.2) is 36.7 Å². The smallest absolute Gasteiger partial charge is 0.145 e. The van der Waals surface area contributed by atoms with Gasteiger partial charge in [0.25, 0.3) is 0 Å². The molecule has 0 radical (unpaired) electrons. The van der Waals surface area contributed by atoms with E-state index in [9.17, 15) is 0 Å². The molecule has 19 heavy (non-hydrogen) atoms. The van der Waals surface area contributed by atoms with Gasteiger partial charge in [0.15, 0.2) is 0 Å². The lowest BCUT2D eigenvalue weighted by molar-refractivity contribution is 0.975. The van der Waals surface area contributed by atoms with Crippen LogP contribution in [0.5, 0.6) is 0 Å². The fourth-order valence-corrected chi connectivity index (χ4v) is 3.58. The van der Waals surface area contributed by atoms with Gasteiger partial charge >= 0.3 is 0 Å². The monoisotopic (exact) mass is 267 g/mol. The second-order valence-corrected chi connectivity index (χ2v) is 6.04. The summed E-state index contributed by atoms with van der Waals surface area (Å²) in [4.78, 5) is 13.6. The van der Waals surface area contributed by atoms with Crippen LogP contribution < -0.4 is 4.90 Å². The third-order valence-electron chi connectivity index (χ3n) is 3.57. The summed E-state index contributed by atoms with van der Waals surface area (Å²) >= 11 is 1.73. The Bertz CT molecular complexity index is 763. The maximum absolute atomic E-state index is 4.52. The van der Waals surface area contributed by atoms with Crippen LogP contribution in [0.3, 0.4) is 0 Å². The molecule has 0 amide bonds. The van der Waals surface area contributed by atoms with Gasteiger partial charge in [-0.15, -0.1) is 11.3 Å². The van der Waals surface area contributed by atoms with E-state index in [4.69, 9.17) is 0 Å². The predicted molar refractivity (Wildman–Crippen MR) is 79.3 cm³/mol. The van der Waals surface area contributed by atoms with Gasteiger partial charge in [0.1, 0.15) is 17.0 Å². The molecule has 94 valence electrons. The molecule has 3 heterocycles. The van der Waals surface area contributed by atoms with Crippen LogP contribution in [-0.2, 0) is 6.42 Å². The Labute approximate surface area is 115 Å². The second-order valence-electron chi connectivity index (χ2n) is 4.80. The van der Waals surface area contributed by atoms with Crippen molar-refractivity contribution in [2.24, 2.45) is 0 Å². The highest BCUT2D eigenvalue weighted by molar-refractivity contribution is 7.18. The largest absolute Gasteiger partial charge is 0.325 e. The lowest BCUT2D eigenvalue weighted by atomic mass is 10.2. The van der Waals surface area contributed by atoms with Crippen LogP contribution >= 0.6 is 11.3 Å². The van der Waals surface area contributed by atoms with Crippen molar-refractivity contribution in [3.63, 3.8) is 0 Å². The molecule has 0 aliphatic carbocycles. The average molecular weight is 267 g/mol. The zero-order chi connectivity index (χ0) is 12.8. The minimum absolute atomic E-state index is 1.00. The number of nitrogens with zero attached hydrogens (tertiary/aromatic N) is 3. The zero-order valence-electron chi connectivity index (χ0n) is 10.6. The van der Waals surface area contributed by atoms with E-state index < -0.39 is 0 Å². The lowest BCUT2D eigenvalue weighted by Crippen LogP contribution is -2.15. The molecule has 0 saturated heterocycles. The van der Waals surface area contributed by atoms with Crippen molar-refractivity contribution in [2.75, 3.05) is 11.4 Å². The van der Waals surface area contributed by atoms with Gasteiger partial charge in [-0.25, -0.2) is 9.97 Å². The van der Waals surface area contributed by atoms with E-state index in [1.54, 1.807) is 17.7 Å². The summed E-state index contributed by atoms with van der Waals surface area (Å²) in [6.07, 6.45) is 2.76. The molecule has 0 fully saturated rings. The number of benzene rings is 1. The molecule has 4 heteroatoms. The van der Waals surface area contributed by atoms with Gasteiger partial charge in [0.2, 0.25) is 0 Å². The van der Waals surface area contributed by atoms with Crippen molar-refractivity contribution < 1.29 is 0 Å². The SMILES string of the molecule is Cc1cc2c(N3CCc4ccccc43)ncnc2s1. The first kappa shape index (κ1) is 10.9. The van der Waals surface area contributed by atoms with Crippen LogP contribution in [-0.4, -0.2) is 16.5 Å². The highest BCUT2D eigenvalue weighted by Gasteiger charge is 2.23. The molecule has 0 spiro atoms. The first-order valence-electron chi connectivity index (χ1n) is 6.39. The predicted octanol–water partition coefficient (Wildman–Crippen LogP) is 3.69. The van der Waals surface area contributed by atoms with Crippen LogP contribution in [0, 0.1) is 6.92 Å². The third kappa shape index (κ3) is 1.64. The molecule has 0 atom stereocenters. The van der Waals surface area contributed by atoms with E-state index in [-0.39, 0.29) is 0 Å². The number of thiophene rings is 1. The first-order chi connectivity index (χ1) is 9.33. The summed E-state index contributed by atoms with van der Waals surface area (Å²) in [5, 5.41) is 1.17. The molecular formula is C15H13N3S. The minimum atomic E-state index is 1.00. The van der Waals surface area contributed by atoms with Gasteiger partial charge in [-0.1, -0.05) is 18.2 Å². The fourth-order valence-electron chi connectivity index (χ4n) is 2.74. The van der Waals surface area contributed by atoms with E-state index >= 15 is 0 Å². The van der Waals surface area contributed by atoms with Crippen LogP contribution in [0.25, 0.3) is 10.2 Å². The van der Waals surface area contributed by atoms with Crippen molar-refractivity contribution in [1.82, 2.24) is 9.97 Å². The molecule has 3 aromatic rings. The Morgan fingerprint density at radius 2 is 2.11 bits per heavy atom. The number of para-hydroxylation sites is 1. The fraction of sp³-hybridized carbons (Fsp3) is 0.200. The number of aryl methyl sites for hydroxylation is 1. The lowest BCUT2D eigenvalue weighted by Gasteiger charge is -2.18. The Kier molecular flexibility index (Phi) is 2.32. The van der Waals surface area contributed by atoms with Crippen LogP contribution in [0.2, 0.25) is 0 Å². The summed E-state index contributed by atoms with van der Waals surface area (Å²) < 4.78 is 0. The highest BCUT2D eigenvalue weighted by Crippen LogP contribution is 2.37. The maximum Gasteiger partial charge on any atom is 0.145 e. The standard InChI is InChI=1S/C15H13N3S/c1-10-8-12-14(16-9-17-15(12)19-10)18-7-6-11-4-2-3-5-13(11)18/h2-5,8-9H,6-7H2,1H3. The summed E-state index contributed by atoms with van der Waals surface area (Å²) in [7, 11) is 0. The molecule has 1 aliphatic heterocycles. The van der Waals surface area contributed by atoms with Crippen LogP contribution in [0.4, 0.5) is 11.5 Å². The van der Waals surface area contributed by atoms with Crippen molar-refractivity contribution >= 4 is 33.1 Å². The number of hydrogen-bond acceptors (Lipinski definition) is 4. The average Bonchev–Trinajstić information content (AvgIpc) is 3.00. The molecule has 0 unspecified atom stereocenters. The minimum Gasteiger partial charge on any atom is -0.325 e. The van der Waals surface area contributed by atoms with E-state index in [1.165, 1.54) is 21.5 Å². The van der Waals surface area contributed by atoms with E-state index in [0.717, 1.165) is 23.6 Å². The Balaban J connectivity index is 1.92. The van der Waals surface area contributed by atoms with Gasteiger partial charge in [-0.05, 0) is 31.0 Å². The molecule has 1 aliphatic rings. The first-order valence-corrected chi connectivity index (χ1v) is 7.21. The van der Waals surface area contributed by atoms with Gasteiger partial charge in [0.05, 0.1) is 5.39 Å². The second kappa shape index (κ2) is 4.03. The van der Waals surface area contributed by atoms with Crippen molar-refractivity contribution in [1.29, 1.82) is 0 Å². The summed E-state index contributed by atoms with van der Waals surface area (Å²) in [5.41, 5.74) is 2.69. The van der Waals surface area contributed by atoms with Gasteiger partial charge in [-0.2, -0.15) is 0 Å². The number of rotatable bonds is 1. The topological polar surface area (TPSA) is 29.0 Å². The summed E-state index contributed by atoms with van der Waals surface area (Å²) in [6.45, 7) is 3.12. The van der Waals surface area contributed by atoms with Gasteiger partial charge in [-0.3, -0.25) is 0 Å². The highest BCUT2D eigenvalue weighted by atomic mass is 32.1. The number of anilines is 2. The summed E-state index contributed by atoms with van der Waals surface area (Å²) in [6, 6.07) is 10.8. The molecule has 3 nitrogen and oxygen atoms in total. The molecule has 1 aromatic carbocycles. The van der Waals surface area contributed by atoms with E-state index in [1.807, 2.05) is 0 Å².